The molecule has 0 spiro atoms. The van der Waals surface area contributed by atoms with Crippen LogP contribution in [-0.4, -0.2) is 55.2 Å². The first kappa shape index (κ1) is 15.4. The van der Waals surface area contributed by atoms with Crippen LogP contribution in [0.5, 0.6) is 0 Å². The van der Waals surface area contributed by atoms with Crippen LogP contribution in [0, 0.1) is 0 Å². The Hall–Kier alpha value is -0.660. The second-order valence-corrected chi connectivity index (χ2v) is 6.65. The first-order valence-corrected chi connectivity index (χ1v) is 8.13. The fourth-order valence-electron chi connectivity index (χ4n) is 2.17. The van der Waals surface area contributed by atoms with Crippen LogP contribution in [0.3, 0.4) is 0 Å². The van der Waals surface area contributed by atoms with Crippen molar-refractivity contribution in [3.05, 3.63) is 0 Å². The predicted molar refractivity (Wildman–Crippen MR) is 68.5 cm³/mol. The van der Waals surface area contributed by atoms with Crippen molar-refractivity contribution in [2.75, 3.05) is 19.3 Å². The summed E-state index contributed by atoms with van der Waals surface area (Å²) in [5, 5.41) is 12.1. The van der Waals surface area contributed by atoms with Crippen LogP contribution in [0.4, 0.5) is 0 Å². The molecule has 0 aliphatic carbocycles. The normalized spacial score (nSPS) is 22.9. The third-order valence-electron chi connectivity index (χ3n) is 3.07. The number of aliphatic hydroxyl groups is 1. The van der Waals surface area contributed by atoms with E-state index in [2.05, 4.69) is 5.32 Å². The van der Waals surface area contributed by atoms with Gasteiger partial charge in [-0.15, -0.1) is 0 Å². The summed E-state index contributed by atoms with van der Waals surface area (Å²) in [5.41, 5.74) is 0. The lowest BCUT2D eigenvalue weighted by Crippen LogP contribution is -2.47. The van der Waals surface area contributed by atoms with Crippen LogP contribution in [-0.2, 0) is 14.8 Å². The summed E-state index contributed by atoms with van der Waals surface area (Å²) in [4.78, 5) is 11.9. The molecule has 1 aliphatic rings. The average molecular weight is 278 g/mol. The van der Waals surface area contributed by atoms with Gasteiger partial charge in [-0.25, -0.2) is 8.42 Å². The molecule has 0 saturated carbocycles. The Balaban J connectivity index is 2.51. The van der Waals surface area contributed by atoms with Crippen molar-refractivity contribution in [3.8, 4) is 0 Å². The number of carbonyl (C=O) groups excluding carboxylic acids is 1. The summed E-state index contributed by atoms with van der Waals surface area (Å²) in [6.45, 7) is 2.53. The van der Waals surface area contributed by atoms with Crippen molar-refractivity contribution in [1.29, 1.82) is 0 Å². The van der Waals surface area contributed by atoms with Gasteiger partial charge < -0.3 is 10.4 Å². The van der Waals surface area contributed by atoms with Gasteiger partial charge in [0.2, 0.25) is 15.9 Å². The van der Waals surface area contributed by atoms with Crippen LogP contribution >= 0.6 is 0 Å². The lowest BCUT2D eigenvalue weighted by atomic mass is 10.2. The maximum absolute atomic E-state index is 11.9. The van der Waals surface area contributed by atoms with E-state index in [1.807, 2.05) is 6.92 Å². The Kier molecular flexibility index (Phi) is 5.55. The molecule has 18 heavy (non-hydrogen) atoms. The van der Waals surface area contributed by atoms with Gasteiger partial charge in [-0.2, -0.15) is 4.31 Å². The minimum atomic E-state index is -3.34. The van der Waals surface area contributed by atoms with Crippen molar-refractivity contribution >= 4 is 15.9 Å². The molecule has 2 N–H and O–H groups in total. The molecule has 0 aromatic heterocycles. The highest BCUT2D eigenvalue weighted by Crippen LogP contribution is 2.20. The van der Waals surface area contributed by atoms with E-state index in [-0.39, 0.29) is 12.5 Å². The molecule has 0 bridgehead atoms. The molecule has 2 unspecified atom stereocenters. The Morgan fingerprint density at radius 1 is 1.56 bits per heavy atom. The zero-order chi connectivity index (χ0) is 13.8. The van der Waals surface area contributed by atoms with Crippen molar-refractivity contribution in [1.82, 2.24) is 9.62 Å². The quantitative estimate of drug-likeness (QED) is 0.697. The third kappa shape index (κ3) is 4.22. The van der Waals surface area contributed by atoms with Crippen molar-refractivity contribution < 1.29 is 18.3 Å². The van der Waals surface area contributed by atoms with Crippen molar-refractivity contribution in [2.45, 2.75) is 44.8 Å². The predicted octanol–water partition coefficient (Wildman–Crippen LogP) is -0.312. The minimum Gasteiger partial charge on any atom is -0.391 e. The molecule has 0 aromatic rings. The van der Waals surface area contributed by atoms with Crippen molar-refractivity contribution in [2.24, 2.45) is 0 Å². The SMILES string of the molecule is CCCC(O)CNC(=O)C1CCCN1S(C)(=O)=O. The van der Waals surface area contributed by atoms with Gasteiger partial charge in [-0.05, 0) is 19.3 Å². The largest absolute Gasteiger partial charge is 0.391 e. The molecule has 1 rings (SSSR count). The van der Waals surface area contributed by atoms with E-state index in [1.54, 1.807) is 0 Å². The number of nitrogens with zero attached hydrogens (tertiary/aromatic N) is 1. The monoisotopic (exact) mass is 278 g/mol. The molecule has 106 valence electrons. The van der Waals surface area contributed by atoms with Gasteiger partial charge in [0, 0.05) is 13.1 Å². The second-order valence-electron chi connectivity index (χ2n) is 4.72. The summed E-state index contributed by atoms with van der Waals surface area (Å²) >= 11 is 0. The molecule has 1 aliphatic heterocycles. The highest BCUT2D eigenvalue weighted by atomic mass is 32.2. The van der Waals surface area contributed by atoms with Gasteiger partial charge in [0.1, 0.15) is 6.04 Å². The number of hydrogen-bond acceptors (Lipinski definition) is 4. The number of sulfonamides is 1. The summed E-state index contributed by atoms with van der Waals surface area (Å²) in [5.74, 6) is -0.312. The number of aliphatic hydroxyl groups excluding tert-OH is 1. The van der Waals surface area contributed by atoms with E-state index >= 15 is 0 Å². The van der Waals surface area contributed by atoms with Crippen LogP contribution in [0.2, 0.25) is 0 Å². The van der Waals surface area contributed by atoms with Crippen LogP contribution in [0.1, 0.15) is 32.6 Å². The third-order valence-corrected chi connectivity index (χ3v) is 4.36. The summed E-state index contributed by atoms with van der Waals surface area (Å²) in [6, 6.07) is -0.617. The molecule has 0 aromatic carbocycles. The minimum absolute atomic E-state index is 0.181. The van der Waals surface area contributed by atoms with Crippen LogP contribution in [0.25, 0.3) is 0 Å². The average Bonchev–Trinajstić information content (AvgIpc) is 2.74. The van der Waals surface area contributed by atoms with E-state index < -0.39 is 22.2 Å². The molecule has 0 radical (unpaired) electrons. The van der Waals surface area contributed by atoms with Gasteiger partial charge in [0.25, 0.3) is 0 Å². The number of carbonyl (C=O) groups is 1. The van der Waals surface area contributed by atoms with E-state index in [9.17, 15) is 18.3 Å². The number of amides is 1. The first-order valence-electron chi connectivity index (χ1n) is 6.28. The second kappa shape index (κ2) is 6.49. The Labute approximate surface area is 108 Å². The Morgan fingerprint density at radius 3 is 2.78 bits per heavy atom. The maximum Gasteiger partial charge on any atom is 0.238 e. The fraction of sp³-hybridized carbons (Fsp3) is 0.909. The van der Waals surface area contributed by atoms with Crippen LogP contribution in [0.15, 0.2) is 0 Å². The van der Waals surface area contributed by atoms with E-state index in [0.717, 1.165) is 12.7 Å². The standard InChI is InChI=1S/C11H22N2O4S/c1-3-5-9(14)8-12-11(15)10-6-4-7-13(10)18(2,16)17/h9-10,14H,3-8H2,1-2H3,(H,12,15). The molecule has 7 heteroatoms. The summed E-state index contributed by atoms with van der Waals surface area (Å²) in [7, 11) is -3.34. The van der Waals surface area contributed by atoms with Gasteiger partial charge in [0.15, 0.2) is 0 Å². The molecule has 1 amide bonds. The fourth-order valence-corrected chi connectivity index (χ4v) is 3.29. The zero-order valence-corrected chi connectivity index (χ0v) is 11.7. The van der Waals surface area contributed by atoms with Crippen LogP contribution < -0.4 is 5.32 Å². The molecule has 1 saturated heterocycles. The summed E-state index contributed by atoms with van der Waals surface area (Å²) < 4.78 is 24.2. The lowest BCUT2D eigenvalue weighted by molar-refractivity contribution is -0.124. The van der Waals surface area contributed by atoms with E-state index in [1.165, 1.54) is 4.31 Å². The first-order chi connectivity index (χ1) is 8.36. The highest BCUT2D eigenvalue weighted by molar-refractivity contribution is 7.88. The van der Waals surface area contributed by atoms with Gasteiger partial charge in [-0.1, -0.05) is 13.3 Å². The molecular formula is C11H22N2O4S. The van der Waals surface area contributed by atoms with Gasteiger partial charge in [0.05, 0.1) is 12.4 Å². The summed E-state index contributed by atoms with van der Waals surface area (Å²) in [6.07, 6.45) is 3.26. The number of hydrogen-bond donors (Lipinski definition) is 2. The molecular weight excluding hydrogens is 256 g/mol. The molecule has 6 nitrogen and oxygen atoms in total. The van der Waals surface area contributed by atoms with Gasteiger partial charge >= 0.3 is 0 Å². The molecule has 1 heterocycles. The van der Waals surface area contributed by atoms with E-state index in [0.29, 0.717) is 25.8 Å². The highest BCUT2D eigenvalue weighted by Gasteiger charge is 2.36. The smallest absolute Gasteiger partial charge is 0.238 e. The van der Waals surface area contributed by atoms with Crippen molar-refractivity contribution in [3.63, 3.8) is 0 Å². The topological polar surface area (TPSA) is 86.7 Å². The molecule has 1 fully saturated rings. The van der Waals surface area contributed by atoms with Gasteiger partial charge in [-0.3, -0.25) is 4.79 Å². The number of nitrogens with one attached hydrogen (secondary N) is 1. The number of rotatable bonds is 6. The zero-order valence-electron chi connectivity index (χ0n) is 10.9. The lowest BCUT2D eigenvalue weighted by Gasteiger charge is -2.22. The Bertz CT molecular complexity index is 383. The van der Waals surface area contributed by atoms with E-state index in [4.69, 9.17) is 0 Å². The maximum atomic E-state index is 11.9. The Morgan fingerprint density at radius 2 is 2.22 bits per heavy atom. The molecule has 2 atom stereocenters.